The number of carbonyl (C=O) groups is 1. The molecule has 0 fully saturated rings. The standard InChI is InChI=1S/C21H21N7O/c1-13-4-5-17-18(21(29)26-14(2)9-28-12-24-11-25-28)6-19(27-20(17)15(13)3)16-7-22-10-23-8-16/h4-8,10-12,14H,9H2,1-3H3,(H,26,29)/t14-/m1/s1. The van der Waals surface area contributed by atoms with E-state index in [9.17, 15) is 4.79 Å². The first kappa shape index (κ1) is 18.7. The van der Waals surface area contributed by atoms with Crippen molar-refractivity contribution in [3.63, 3.8) is 0 Å². The molecule has 1 atom stereocenters. The molecule has 0 aliphatic rings. The summed E-state index contributed by atoms with van der Waals surface area (Å²) in [5.74, 6) is -0.161. The Morgan fingerprint density at radius 1 is 1.14 bits per heavy atom. The summed E-state index contributed by atoms with van der Waals surface area (Å²) in [7, 11) is 0. The van der Waals surface area contributed by atoms with Gasteiger partial charge in [-0.15, -0.1) is 0 Å². The number of nitrogens with zero attached hydrogens (tertiary/aromatic N) is 6. The fourth-order valence-electron chi connectivity index (χ4n) is 3.25. The van der Waals surface area contributed by atoms with Crippen LogP contribution in [0, 0.1) is 13.8 Å². The second kappa shape index (κ2) is 7.75. The third-order valence-corrected chi connectivity index (χ3v) is 4.91. The molecule has 0 bridgehead atoms. The molecular weight excluding hydrogens is 366 g/mol. The highest BCUT2D eigenvalue weighted by molar-refractivity contribution is 6.08. The summed E-state index contributed by atoms with van der Waals surface area (Å²) in [5, 5.41) is 7.96. The summed E-state index contributed by atoms with van der Waals surface area (Å²) in [6, 6.07) is 5.64. The van der Waals surface area contributed by atoms with Crippen molar-refractivity contribution < 1.29 is 4.79 Å². The zero-order valence-electron chi connectivity index (χ0n) is 16.5. The fourth-order valence-corrected chi connectivity index (χ4v) is 3.25. The Hall–Kier alpha value is -3.68. The van der Waals surface area contributed by atoms with Gasteiger partial charge >= 0.3 is 0 Å². The molecule has 4 rings (SSSR count). The third kappa shape index (κ3) is 3.82. The molecule has 1 amide bonds. The number of carbonyl (C=O) groups excluding carboxylic acids is 1. The van der Waals surface area contributed by atoms with Gasteiger partial charge in [-0.3, -0.25) is 9.48 Å². The lowest BCUT2D eigenvalue weighted by Gasteiger charge is -2.16. The topological polar surface area (TPSA) is 98.5 Å². The predicted octanol–water partition coefficient (Wildman–Crippen LogP) is 2.72. The molecular formula is C21H21N7O. The SMILES string of the molecule is Cc1ccc2c(C(=O)N[C@H](C)Cn3cncn3)cc(-c3cncnc3)nc2c1C. The summed E-state index contributed by atoms with van der Waals surface area (Å²) < 4.78 is 1.69. The molecule has 0 aliphatic heterocycles. The minimum absolute atomic E-state index is 0.123. The normalized spacial score (nSPS) is 12.1. The first-order chi connectivity index (χ1) is 14.0. The Balaban J connectivity index is 1.75. The largest absolute Gasteiger partial charge is 0.348 e. The molecule has 0 radical (unpaired) electrons. The minimum atomic E-state index is -0.161. The van der Waals surface area contributed by atoms with Crippen LogP contribution >= 0.6 is 0 Å². The molecule has 4 aromatic rings. The van der Waals surface area contributed by atoms with Gasteiger partial charge in [0, 0.05) is 29.4 Å². The second-order valence-corrected chi connectivity index (χ2v) is 7.08. The van der Waals surface area contributed by atoms with Gasteiger partial charge in [0.05, 0.1) is 23.3 Å². The van der Waals surface area contributed by atoms with Gasteiger partial charge in [0.15, 0.2) is 0 Å². The van der Waals surface area contributed by atoms with Crippen LogP contribution in [0.5, 0.6) is 0 Å². The van der Waals surface area contributed by atoms with Gasteiger partial charge in [-0.05, 0) is 38.0 Å². The first-order valence-corrected chi connectivity index (χ1v) is 9.32. The van der Waals surface area contributed by atoms with Crippen molar-refractivity contribution in [1.29, 1.82) is 0 Å². The first-order valence-electron chi connectivity index (χ1n) is 9.32. The maximum Gasteiger partial charge on any atom is 0.252 e. The zero-order valence-corrected chi connectivity index (χ0v) is 16.5. The number of benzene rings is 1. The van der Waals surface area contributed by atoms with Gasteiger partial charge in [0.1, 0.15) is 19.0 Å². The van der Waals surface area contributed by atoms with Crippen LogP contribution in [-0.2, 0) is 6.54 Å². The quantitative estimate of drug-likeness (QED) is 0.565. The van der Waals surface area contributed by atoms with E-state index in [4.69, 9.17) is 4.98 Å². The molecule has 0 saturated heterocycles. The van der Waals surface area contributed by atoms with E-state index >= 15 is 0 Å². The third-order valence-electron chi connectivity index (χ3n) is 4.91. The molecule has 0 spiro atoms. The van der Waals surface area contributed by atoms with E-state index < -0.39 is 0 Å². The Kier molecular flexibility index (Phi) is 4.99. The molecule has 146 valence electrons. The van der Waals surface area contributed by atoms with E-state index in [-0.39, 0.29) is 11.9 Å². The maximum absolute atomic E-state index is 13.2. The number of aromatic nitrogens is 6. The molecule has 8 nitrogen and oxygen atoms in total. The highest BCUT2D eigenvalue weighted by Gasteiger charge is 2.18. The van der Waals surface area contributed by atoms with E-state index in [1.165, 1.54) is 12.7 Å². The van der Waals surface area contributed by atoms with E-state index in [0.717, 1.165) is 27.6 Å². The maximum atomic E-state index is 13.2. The summed E-state index contributed by atoms with van der Waals surface area (Å²) in [4.78, 5) is 30.1. The van der Waals surface area contributed by atoms with Crippen LogP contribution in [0.2, 0.25) is 0 Å². The van der Waals surface area contributed by atoms with E-state index in [2.05, 4.69) is 25.4 Å². The van der Waals surface area contributed by atoms with Gasteiger partial charge in [-0.25, -0.2) is 19.9 Å². The molecule has 0 unspecified atom stereocenters. The summed E-state index contributed by atoms with van der Waals surface area (Å²) >= 11 is 0. The summed E-state index contributed by atoms with van der Waals surface area (Å²) in [6.45, 7) is 6.52. The number of hydrogen-bond donors (Lipinski definition) is 1. The Bertz CT molecular complexity index is 1160. The van der Waals surface area contributed by atoms with Crippen molar-refractivity contribution >= 4 is 16.8 Å². The van der Waals surface area contributed by atoms with Crippen LogP contribution in [0.25, 0.3) is 22.2 Å². The number of rotatable bonds is 5. The number of hydrogen-bond acceptors (Lipinski definition) is 6. The van der Waals surface area contributed by atoms with Gasteiger partial charge in [-0.1, -0.05) is 12.1 Å². The van der Waals surface area contributed by atoms with Crippen molar-refractivity contribution in [1.82, 2.24) is 35.0 Å². The van der Waals surface area contributed by atoms with Crippen LogP contribution < -0.4 is 5.32 Å². The van der Waals surface area contributed by atoms with Crippen molar-refractivity contribution in [2.45, 2.75) is 33.4 Å². The number of fused-ring (bicyclic) bond motifs is 1. The fraction of sp³-hybridized carbons (Fsp3) is 0.238. The molecule has 3 heterocycles. The highest BCUT2D eigenvalue weighted by Crippen LogP contribution is 2.27. The summed E-state index contributed by atoms with van der Waals surface area (Å²) in [5.41, 5.74) is 4.98. The minimum Gasteiger partial charge on any atom is -0.348 e. The number of nitrogens with one attached hydrogen (secondary N) is 1. The highest BCUT2D eigenvalue weighted by atomic mass is 16.1. The molecule has 29 heavy (non-hydrogen) atoms. The average molecular weight is 387 g/mol. The smallest absolute Gasteiger partial charge is 0.252 e. The second-order valence-electron chi connectivity index (χ2n) is 7.08. The molecule has 0 saturated carbocycles. The van der Waals surface area contributed by atoms with Gasteiger partial charge < -0.3 is 5.32 Å². The van der Waals surface area contributed by atoms with Gasteiger partial charge in [0.25, 0.3) is 5.91 Å². The van der Waals surface area contributed by atoms with Crippen molar-refractivity contribution in [2.24, 2.45) is 0 Å². The van der Waals surface area contributed by atoms with E-state index in [1.807, 2.05) is 32.9 Å². The van der Waals surface area contributed by atoms with Crippen LogP contribution in [0.4, 0.5) is 0 Å². The zero-order chi connectivity index (χ0) is 20.4. The number of aryl methyl sites for hydroxylation is 2. The molecule has 8 heteroatoms. The van der Waals surface area contributed by atoms with Crippen LogP contribution in [-0.4, -0.2) is 41.7 Å². The van der Waals surface area contributed by atoms with Crippen LogP contribution in [0.1, 0.15) is 28.4 Å². The predicted molar refractivity (Wildman–Crippen MR) is 109 cm³/mol. The Labute approximate surface area is 168 Å². The lowest BCUT2D eigenvalue weighted by Crippen LogP contribution is -2.36. The van der Waals surface area contributed by atoms with E-state index in [0.29, 0.717) is 17.8 Å². The molecule has 0 aliphatic carbocycles. The van der Waals surface area contributed by atoms with Gasteiger partial charge in [-0.2, -0.15) is 5.10 Å². The number of pyridine rings is 1. The van der Waals surface area contributed by atoms with Crippen LogP contribution in [0.15, 0.2) is 49.6 Å². The lowest BCUT2D eigenvalue weighted by molar-refractivity contribution is 0.0937. The van der Waals surface area contributed by atoms with E-state index in [1.54, 1.807) is 29.5 Å². The molecule has 3 aromatic heterocycles. The molecule has 1 N–H and O–H groups in total. The average Bonchev–Trinajstić information content (AvgIpc) is 3.23. The number of amides is 1. The lowest BCUT2D eigenvalue weighted by atomic mass is 9.99. The van der Waals surface area contributed by atoms with Crippen molar-refractivity contribution in [3.05, 3.63) is 66.3 Å². The summed E-state index contributed by atoms with van der Waals surface area (Å²) in [6.07, 6.45) is 7.97. The Morgan fingerprint density at radius 3 is 2.66 bits per heavy atom. The van der Waals surface area contributed by atoms with Crippen molar-refractivity contribution in [2.75, 3.05) is 0 Å². The molecule has 1 aromatic carbocycles. The van der Waals surface area contributed by atoms with Crippen molar-refractivity contribution in [3.8, 4) is 11.3 Å². The Morgan fingerprint density at radius 2 is 1.93 bits per heavy atom. The van der Waals surface area contributed by atoms with Gasteiger partial charge in [0.2, 0.25) is 0 Å². The van der Waals surface area contributed by atoms with Crippen LogP contribution in [0.3, 0.4) is 0 Å². The monoisotopic (exact) mass is 387 g/mol.